The molecule has 0 saturated heterocycles. The maximum Gasteiger partial charge on any atom is 0.234 e. The molecule has 0 spiro atoms. The number of fused-ring (bicyclic) bond motifs is 8. The van der Waals surface area contributed by atoms with Crippen LogP contribution in [-0.2, 0) is 16.0 Å². The Morgan fingerprint density at radius 1 is 0.775 bits per heavy atom. The number of nitrogens with zero attached hydrogens (tertiary/aromatic N) is 2. The molecule has 5 heterocycles. The third-order valence-corrected chi connectivity index (χ3v) is 7.60. The van der Waals surface area contributed by atoms with Crippen molar-refractivity contribution < 1.29 is 9.59 Å². The van der Waals surface area contributed by atoms with Gasteiger partial charge < -0.3 is 9.97 Å². The Bertz CT molecular complexity index is 1760. The molecule has 0 radical (unpaired) electrons. The molecule has 0 saturated carbocycles. The van der Waals surface area contributed by atoms with Crippen LogP contribution in [-0.4, -0.2) is 31.8 Å². The van der Waals surface area contributed by atoms with Crippen molar-refractivity contribution in [2.45, 2.75) is 53.4 Å². The van der Waals surface area contributed by atoms with E-state index in [0.717, 1.165) is 78.3 Å². The summed E-state index contributed by atoms with van der Waals surface area (Å²) in [6.45, 7) is 8.16. The van der Waals surface area contributed by atoms with Crippen LogP contribution < -0.4 is 22.5 Å². The van der Waals surface area contributed by atoms with Gasteiger partial charge in [0.15, 0.2) is 0 Å². The number of H-pyrrole nitrogens is 2. The van der Waals surface area contributed by atoms with Crippen molar-refractivity contribution in [1.29, 1.82) is 0 Å². The fourth-order valence-corrected chi connectivity index (χ4v) is 5.27. The van der Waals surface area contributed by atoms with Gasteiger partial charge in [0, 0.05) is 34.9 Å². The van der Waals surface area contributed by atoms with Gasteiger partial charge in [-0.1, -0.05) is 0 Å². The minimum atomic E-state index is -0.245. The number of nitrogens with two attached hydrogens (primary N) is 2. The summed E-state index contributed by atoms with van der Waals surface area (Å²) in [5.74, 6) is 10.2. The number of rotatable bonds is 6. The molecule has 2 amide bonds. The summed E-state index contributed by atoms with van der Waals surface area (Å²) in [5, 5.41) is 0. The predicted molar refractivity (Wildman–Crippen MR) is 159 cm³/mol. The SMILES string of the molecule is CC1=Cc2cc3[nH]c(cc3C)cc3[nH]c(cc4nc(cc1n2)C(C)=C4CCC(=O)NN)c(CCC(=O)NN)c3C. The fourth-order valence-electron chi connectivity index (χ4n) is 5.27. The standard InChI is InChI=1S/C30H34N8O2/c1-15-9-20-12-25-17(3)21(5-7-29(39)37-31)27(35-25)14-28-22(6-8-30(40)38-32)18(4)26(36-28)13-24-16(2)10-19(34-24)11-23(15)33-20/h9-14,33,35H,5-8,31-32H2,1-4H3,(H,37,39)(H,38,40). The lowest BCUT2D eigenvalue weighted by atomic mass is 10.00. The summed E-state index contributed by atoms with van der Waals surface area (Å²) in [4.78, 5) is 41.0. The molecule has 10 heteroatoms. The summed E-state index contributed by atoms with van der Waals surface area (Å²) in [6.07, 6.45) is 3.52. The van der Waals surface area contributed by atoms with Crippen LogP contribution in [0.15, 0.2) is 30.3 Å². The highest BCUT2D eigenvalue weighted by molar-refractivity contribution is 5.94. The van der Waals surface area contributed by atoms with Gasteiger partial charge in [0.1, 0.15) is 0 Å². The number of allylic oxidation sites excluding steroid dienone is 3. The number of hydrazine groups is 2. The largest absolute Gasteiger partial charge is 0.355 e. The molecule has 0 atom stereocenters. The van der Waals surface area contributed by atoms with Crippen LogP contribution >= 0.6 is 0 Å². The first-order chi connectivity index (χ1) is 19.2. The molecule has 8 N–H and O–H groups in total. The topological polar surface area (TPSA) is 168 Å². The van der Waals surface area contributed by atoms with E-state index in [2.05, 4.69) is 46.0 Å². The van der Waals surface area contributed by atoms with Crippen molar-refractivity contribution in [1.82, 2.24) is 30.8 Å². The molecule has 8 bridgehead atoms. The number of aromatic amines is 2. The second-order valence-corrected chi connectivity index (χ2v) is 10.3. The van der Waals surface area contributed by atoms with Gasteiger partial charge in [-0.2, -0.15) is 0 Å². The highest BCUT2D eigenvalue weighted by atomic mass is 16.2. The van der Waals surface area contributed by atoms with Gasteiger partial charge >= 0.3 is 0 Å². The molecule has 206 valence electrons. The number of hydrogen-bond donors (Lipinski definition) is 6. The number of amides is 2. The number of hydrogen-bond acceptors (Lipinski definition) is 6. The molecule has 10 nitrogen and oxygen atoms in total. The number of aryl methyl sites for hydroxylation is 3. The average Bonchev–Trinajstić information content (AvgIpc) is 3.62. The molecular weight excluding hydrogens is 504 g/mol. The van der Waals surface area contributed by atoms with Gasteiger partial charge in [0.05, 0.1) is 22.8 Å². The Morgan fingerprint density at radius 2 is 1.50 bits per heavy atom. The summed E-state index contributed by atoms with van der Waals surface area (Å²) < 4.78 is 0. The number of carbonyl (C=O) groups is 2. The zero-order valence-electron chi connectivity index (χ0n) is 23.2. The lowest BCUT2D eigenvalue weighted by molar-refractivity contribution is -0.121. The average molecular weight is 539 g/mol. The zero-order chi connectivity index (χ0) is 28.6. The van der Waals surface area contributed by atoms with Crippen LogP contribution in [0.25, 0.3) is 44.9 Å². The Labute approximate surface area is 231 Å². The zero-order valence-corrected chi connectivity index (χ0v) is 23.2. The Hall–Kier alpha value is -4.54. The van der Waals surface area contributed by atoms with E-state index in [-0.39, 0.29) is 24.7 Å². The monoisotopic (exact) mass is 538 g/mol. The molecule has 0 aromatic carbocycles. The molecule has 5 rings (SSSR count). The summed E-state index contributed by atoms with van der Waals surface area (Å²) in [7, 11) is 0. The summed E-state index contributed by atoms with van der Waals surface area (Å²) in [6, 6.07) is 10.2. The minimum Gasteiger partial charge on any atom is -0.355 e. The van der Waals surface area contributed by atoms with Crippen molar-refractivity contribution in [3.63, 3.8) is 0 Å². The van der Waals surface area contributed by atoms with E-state index in [0.29, 0.717) is 12.8 Å². The molecule has 3 aromatic heterocycles. The first-order valence-corrected chi connectivity index (χ1v) is 13.3. The first-order valence-electron chi connectivity index (χ1n) is 13.3. The quantitative estimate of drug-likeness (QED) is 0.157. The maximum atomic E-state index is 12.0. The van der Waals surface area contributed by atoms with Crippen molar-refractivity contribution in [2.75, 3.05) is 0 Å². The second-order valence-electron chi connectivity index (χ2n) is 10.3. The van der Waals surface area contributed by atoms with Crippen LogP contribution in [0.2, 0.25) is 0 Å². The Balaban J connectivity index is 1.82. The lowest BCUT2D eigenvalue weighted by Crippen LogP contribution is -2.30. The van der Waals surface area contributed by atoms with Crippen LogP contribution in [0.1, 0.15) is 72.6 Å². The van der Waals surface area contributed by atoms with Gasteiger partial charge in [0.25, 0.3) is 0 Å². The highest BCUT2D eigenvalue weighted by Gasteiger charge is 2.20. The van der Waals surface area contributed by atoms with Gasteiger partial charge in [-0.25, -0.2) is 21.7 Å². The first kappa shape index (κ1) is 27.0. The van der Waals surface area contributed by atoms with Crippen LogP contribution in [0.4, 0.5) is 0 Å². The van der Waals surface area contributed by atoms with E-state index in [1.807, 2.05) is 39.0 Å². The minimum absolute atomic E-state index is 0.233. The maximum absolute atomic E-state index is 12.0. The van der Waals surface area contributed by atoms with Crippen molar-refractivity contribution >= 4 is 56.7 Å². The predicted octanol–water partition coefficient (Wildman–Crippen LogP) is 4.12. The summed E-state index contributed by atoms with van der Waals surface area (Å²) in [5.41, 5.74) is 17.6. The van der Waals surface area contributed by atoms with Gasteiger partial charge in [-0.15, -0.1) is 0 Å². The van der Waals surface area contributed by atoms with Gasteiger partial charge in [-0.05, 0) is 110 Å². The molecule has 40 heavy (non-hydrogen) atoms. The van der Waals surface area contributed by atoms with Gasteiger partial charge in [0.2, 0.25) is 11.8 Å². The highest BCUT2D eigenvalue weighted by Crippen LogP contribution is 2.35. The molecular formula is C30H34N8O2. The van der Waals surface area contributed by atoms with E-state index in [4.69, 9.17) is 21.7 Å². The fraction of sp³-hybridized carbons (Fsp3) is 0.267. The Kier molecular flexibility index (Phi) is 7.38. The third-order valence-electron chi connectivity index (χ3n) is 7.60. The summed E-state index contributed by atoms with van der Waals surface area (Å²) >= 11 is 0. The smallest absolute Gasteiger partial charge is 0.234 e. The number of nitrogens with one attached hydrogen (secondary N) is 4. The van der Waals surface area contributed by atoms with E-state index >= 15 is 0 Å². The van der Waals surface area contributed by atoms with Crippen LogP contribution in [0.5, 0.6) is 0 Å². The molecule has 3 aromatic rings. The molecule has 2 aliphatic heterocycles. The van der Waals surface area contributed by atoms with Crippen molar-refractivity contribution in [2.24, 2.45) is 11.7 Å². The Morgan fingerprint density at radius 3 is 2.23 bits per heavy atom. The lowest BCUT2D eigenvalue weighted by Gasteiger charge is -2.05. The van der Waals surface area contributed by atoms with E-state index in [1.54, 1.807) is 0 Å². The van der Waals surface area contributed by atoms with E-state index < -0.39 is 0 Å². The number of carbonyl (C=O) groups excluding carboxylic acids is 2. The molecule has 0 fully saturated rings. The molecule has 0 aliphatic carbocycles. The van der Waals surface area contributed by atoms with Crippen LogP contribution in [0, 0.1) is 13.8 Å². The van der Waals surface area contributed by atoms with E-state index in [9.17, 15) is 9.59 Å². The van der Waals surface area contributed by atoms with Crippen molar-refractivity contribution in [3.05, 3.63) is 69.8 Å². The van der Waals surface area contributed by atoms with Crippen molar-refractivity contribution in [3.8, 4) is 0 Å². The normalized spacial score (nSPS) is 12.9. The number of aromatic nitrogens is 4. The third kappa shape index (κ3) is 5.31. The van der Waals surface area contributed by atoms with E-state index in [1.165, 1.54) is 0 Å². The van der Waals surface area contributed by atoms with Gasteiger partial charge in [-0.3, -0.25) is 20.4 Å². The second kappa shape index (κ2) is 10.9. The molecule has 2 aliphatic rings. The van der Waals surface area contributed by atoms with Crippen LogP contribution in [0.3, 0.4) is 0 Å². The molecule has 0 unspecified atom stereocenters.